The highest BCUT2D eigenvalue weighted by Crippen LogP contribution is 2.11. The zero-order valence-corrected chi connectivity index (χ0v) is 41.2. The average Bonchev–Trinajstić information content (AvgIpc) is 3.30. The van der Waals surface area contributed by atoms with Crippen LogP contribution in [0.4, 0.5) is 0 Å². The Kier molecular flexibility index (Phi) is 50.1. The van der Waals surface area contributed by atoms with Crippen LogP contribution in [0.2, 0.25) is 0 Å². The minimum atomic E-state index is -0.617. The van der Waals surface area contributed by atoms with Crippen molar-refractivity contribution < 1.29 is 23.8 Å². The zero-order valence-electron chi connectivity index (χ0n) is 41.2. The minimum absolute atomic E-state index is 0.0205. The Morgan fingerprint density at radius 2 is 0.750 bits per heavy atom. The second kappa shape index (κ2) is 53.4. The van der Waals surface area contributed by atoms with Crippen LogP contribution in [0.1, 0.15) is 201 Å². The van der Waals surface area contributed by atoms with E-state index in [-0.39, 0.29) is 31.6 Å². The summed E-state index contributed by atoms with van der Waals surface area (Å²) in [5.74, 6) is -0.582. The predicted octanol–water partition coefficient (Wildman–Crippen LogP) is 17.6. The molecule has 5 nitrogen and oxygen atoms in total. The molecule has 1 atom stereocenters. The van der Waals surface area contributed by atoms with Crippen molar-refractivity contribution in [2.24, 2.45) is 0 Å². The fraction of sp³-hybridized carbons (Fsp3) is 0.593. The third kappa shape index (κ3) is 50.7. The van der Waals surface area contributed by atoms with E-state index in [1.807, 2.05) is 12.2 Å². The van der Waals surface area contributed by atoms with E-state index in [2.05, 4.69) is 142 Å². The number of carbonyl (C=O) groups is 2. The van der Waals surface area contributed by atoms with Gasteiger partial charge in [0.1, 0.15) is 6.61 Å². The third-order valence-electron chi connectivity index (χ3n) is 10.2. The molecule has 64 heavy (non-hydrogen) atoms. The molecular formula is C59H94O5. The third-order valence-corrected chi connectivity index (χ3v) is 10.2. The number of esters is 2. The summed E-state index contributed by atoms with van der Waals surface area (Å²) in [4.78, 5) is 25.3. The minimum Gasteiger partial charge on any atom is -0.462 e. The summed E-state index contributed by atoms with van der Waals surface area (Å²) in [6.07, 6.45) is 76.3. The van der Waals surface area contributed by atoms with Crippen LogP contribution in [-0.2, 0) is 23.8 Å². The predicted molar refractivity (Wildman–Crippen MR) is 278 cm³/mol. The second-order valence-electron chi connectivity index (χ2n) is 16.3. The highest BCUT2D eigenvalue weighted by Gasteiger charge is 2.17. The summed E-state index contributed by atoms with van der Waals surface area (Å²) in [5.41, 5.74) is 0. The first-order valence-corrected chi connectivity index (χ1v) is 25.7. The molecule has 0 spiro atoms. The van der Waals surface area contributed by atoms with Gasteiger partial charge in [-0.05, 0) is 116 Å². The van der Waals surface area contributed by atoms with Crippen LogP contribution in [0.5, 0.6) is 0 Å². The molecular weight excluding hydrogens is 789 g/mol. The van der Waals surface area contributed by atoms with E-state index < -0.39 is 6.10 Å². The largest absolute Gasteiger partial charge is 0.462 e. The molecule has 0 rings (SSSR count). The van der Waals surface area contributed by atoms with Crippen molar-refractivity contribution in [2.45, 2.75) is 207 Å². The molecule has 0 amide bonds. The molecule has 0 aromatic rings. The second-order valence-corrected chi connectivity index (χ2v) is 16.3. The first-order chi connectivity index (χ1) is 31.6. The van der Waals surface area contributed by atoms with Gasteiger partial charge in [-0.2, -0.15) is 0 Å². The van der Waals surface area contributed by atoms with Crippen LogP contribution in [0.15, 0.2) is 134 Å². The molecule has 1 unspecified atom stereocenters. The normalized spacial score (nSPS) is 13.4. The number of unbranched alkanes of at least 4 members (excludes halogenated alkanes) is 13. The van der Waals surface area contributed by atoms with Gasteiger partial charge in [0.2, 0.25) is 0 Å². The van der Waals surface area contributed by atoms with E-state index >= 15 is 0 Å². The van der Waals surface area contributed by atoms with Crippen molar-refractivity contribution in [1.82, 2.24) is 0 Å². The van der Waals surface area contributed by atoms with Crippen molar-refractivity contribution in [3.8, 4) is 0 Å². The smallest absolute Gasteiger partial charge is 0.310 e. The van der Waals surface area contributed by atoms with E-state index in [1.54, 1.807) is 0 Å². The van der Waals surface area contributed by atoms with Crippen LogP contribution >= 0.6 is 0 Å². The highest BCUT2D eigenvalue weighted by atomic mass is 16.6. The van der Waals surface area contributed by atoms with Crippen LogP contribution in [0.3, 0.4) is 0 Å². The molecule has 0 radical (unpaired) electrons. The van der Waals surface area contributed by atoms with E-state index in [0.29, 0.717) is 13.0 Å². The standard InChI is InChI=1S/C59H94O5/c1-4-7-10-13-16-19-22-25-28-29-30-31-33-34-37-40-43-46-49-52-58(60)63-56-57(55-62-54-51-48-45-42-39-36-27-24-21-18-15-12-9-6-3)64-59(61)53-50-47-44-41-38-35-32-26-23-20-17-14-11-8-5-2/h8-9,11-12,16-21,25-28,30-32,36,38,41,47,50,57H,4-7,10,13-15,22-24,29,33-35,37,39-40,42-46,48-49,51-56H2,1-3H3/b11-8-,12-9-,19-16-,20-17-,21-18-,28-25-,31-30-,32-26-,36-27-,41-38-,50-47-. The Bertz CT molecular complexity index is 1370. The first kappa shape index (κ1) is 60.0. The number of allylic oxidation sites excluding steroid dienone is 21. The van der Waals surface area contributed by atoms with Gasteiger partial charge in [0, 0.05) is 13.0 Å². The number of rotatable bonds is 45. The van der Waals surface area contributed by atoms with Gasteiger partial charge in [-0.15, -0.1) is 0 Å². The van der Waals surface area contributed by atoms with Crippen LogP contribution in [0, 0.1) is 0 Å². The Balaban J connectivity index is 4.46. The number of carbonyl (C=O) groups excluding carboxylic acids is 2. The van der Waals surface area contributed by atoms with Crippen LogP contribution in [-0.4, -0.2) is 37.9 Å². The lowest BCUT2D eigenvalue weighted by Crippen LogP contribution is -2.29. The molecule has 5 heteroatoms. The van der Waals surface area contributed by atoms with Crippen molar-refractivity contribution in [1.29, 1.82) is 0 Å². The Labute approximate surface area is 394 Å². The van der Waals surface area contributed by atoms with E-state index in [1.165, 1.54) is 51.4 Å². The maximum atomic E-state index is 12.7. The van der Waals surface area contributed by atoms with E-state index in [0.717, 1.165) is 116 Å². The lowest BCUT2D eigenvalue weighted by Gasteiger charge is -2.18. The maximum absolute atomic E-state index is 12.7. The molecule has 0 aromatic heterocycles. The van der Waals surface area contributed by atoms with Crippen LogP contribution < -0.4 is 0 Å². The van der Waals surface area contributed by atoms with Gasteiger partial charge >= 0.3 is 11.9 Å². The quantitative estimate of drug-likeness (QED) is 0.0346. The molecule has 0 N–H and O–H groups in total. The fourth-order valence-electron chi connectivity index (χ4n) is 6.43. The summed E-state index contributed by atoms with van der Waals surface area (Å²) in [6, 6.07) is 0. The van der Waals surface area contributed by atoms with Crippen molar-refractivity contribution in [2.75, 3.05) is 19.8 Å². The lowest BCUT2D eigenvalue weighted by atomic mass is 10.1. The Hall–Kier alpha value is -3.96. The summed E-state index contributed by atoms with van der Waals surface area (Å²) in [5, 5.41) is 0. The molecule has 360 valence electrons. The van der Waals surface area contributed by atoms with Gasteiger partial charge in [0.05, 0.1) is 13.0 Å². The first-order valence-electron chi connectivity index (χ1n) is 25.7. The molecule has 0 aliphatic carbocycles. The highest BCUT2D eigenvalue weighted by molar-refractivity contribution is 5.71. The molecule has 0 saturated carbocycles. The van der Waals surface area contributed by atoms with E-state index in [9.17, 15) is 9.59 Å². The molecule has 0 aliphatic rings. The van der Waals surface area contributed by atoms with Gasteiger partial charge in [-0.25, -0.2) is 0 Å². The summed E-state index contributed by atoms with van der Waals surface area (Å²) >= 11 is 0. The zero-order chi connectivity index (χ0) is 46.3. The van der Waals surface area contributed by atoms with Gasteiger partial charge in [0.25, 0.3) is 0 Å². The summed E-state index contributed by atoms with van der Waals surface area (Å²) < 4.78 is 17.2. The summed E-state index contributed by atoms with van der Waals surface area (Å²) in [6.45, 7) is 7.38. The number of hydrogen-bond acceptors (Lipinski definition) is 5. The number of ether oxygens (including phenoxy) is 3. The van der Waals surface area contributed by atoms with Crippen molar-refractivity contribution >= 4 is 11.9 Å². The molecule has 0 bridgehead atoms. The Morgan fingerprint density at radius 3 is 1.20 bits per heavy atom. The van der Waals surface area contributed by atoms with E-state index in [4.69, 9.17) is 14.2 Å². The van der Waals surface area contributed by atoms with Crippen molar-refractivity contribution in [3.63, 3.8) is 0 Å². The maximum Gasteiger partial charge on any atom is 0.310 e. The number of hydrogen-bond donors (Lipinski definition) is 0. The van der Waals surface area contributed by atoms with Gasteiger partial charge in [-0.3, -0.25) is 9.59 Å². The molecule has 0 aromatic carbocycles. The fourth-order valence-corrected chi connectivity index (χ4v) is 6.43. The molecule has 0 aliphatic heterocycles. The average molecular weight is 883 g/mol. The topological polar surface area (TPSA) is 61.8 Å². The van der Waals surface area contributed by atoms with Gasteiger partial charge in [0.15, 0.2) is 6.10 Å². The Morgan fingerprint density at radius 1 is 0.375 bits per heavy atom. The summed E-state index contributed by atoms with van der Waals surface area (Å²) in [7, 11) is 0. The van der Waals surface area contributed by atoms with Crippen molar-refractivity contribution in [3.05, 3.63) is 134 Å². The molecule has 0 fully saturated rings. The monoisotopic (exact) mass is 883 g/mol. The lowest BCUT2D eigenvalue weighted by molar-refractivity contribution is -0.162. The molecule has 0 heterocycles. The SMILES string of the molecule is CC/C=C\C/C=C\C/C=C\C/C=C\C/C=C\CC(=O)OC(COCCCCCC/C=C\C/C=C\C/C=C\CC)COC(=O)CCCCCCCC/C=C\C/C=C\C/C=C\CCCCC. The molecule has 0 saturated heterocycles. The van der Waals surface area contributed by atoms with Gasteiger partial charge in [-0.1, -0.05) is 206 Å². The van der Waals surface area contributed by atoms with Gasteiger partial charge < -0.3 is 14.2 Å². The van der Waals surface area contributed by atoms with Crippen LogP contribution in [0.25, 0.3) is 0 Å².